The molecule has 1 aromatic carbocycles. The Hall–Kier alpha value is -1.77. The van der Waals surface area contributed by atoms with Crippen molar-refractivity contribution in [2.75, 3.05) is 0 Å². The van der Waals surface area contributed by atoms with E-state index in [0.717, 1.165) is 0 Å². The second kappa shape index (κ2) is 5.25. The molecule has 1 aromatic heterocycles. The standard InChI is InChI=1S/C10H12N4O3S/c15-6-8-2-1-3-9(4-8)18(16,17)13-5-10-11-7-12-14-10/h1-4,7,13,15H,5-6H2,(H,11,12,14). The molecule has 2 rings (SSSR count). The van der Waals surface area contributed by atoms with Crippen LogP contribution in [0.25, 0.3) is 0 Å². The summed E-state index contributed by atoms with van der Waals surface area (Å²) < 4.78 is 26.3. The number of aliphatic hydroxyl groups is 1. The van der Waals surface area contributed by atoms with Crippen molar-refractivity contribution in [2.45, 2.75) is 18.0 Å². The third-order valence-electron chi connectivity index (χ3n) is 2.29. The van der Waals surface area contributed by atoms with Gasteiger partial charge in [0.05, 0.1) is 18.0 Å². The van der Waals surface area contributed by atoms with Gasteiger partial charge in [0.25, 0.3) is 0 Å². The number of benzene rings is 1. The van der Waals surface area contributed by atoms with E-state index in [1.165, 1.54) is 18.5 Å². The Balaban J connectivity index is 2.14. The van der Waals surface area contributed by atoms with Crippen LogP contribution in [0.2, 0.25) is 0 Å². The normalized spacial score (nSPS) is 11.6. The zero-order valence-corrected chi connectivity index (χ0v) is 10.2. The van der Waals surface area contributed by atoms with Crippen LogP contribution in [0.5, 0.6) is 0 Å². The van der Waals surface area contributed by atoms with Crippen molar-refractivity contribution >= 4 is 10.0 Å². The molecule has 0 fully saturated rings. The molecule has 3 N–H and O–H groups in total. The minimum absolute atomic E-state index is 0.0334. The van der Waals surface area contributed by atoms with Gasteiger partial charge in [-0.1, -0.05) is 12.1 Å². The zero-order valence-electron chi connectivity index (χ0n) is 9.37. The minimum atomic E-state index is -3.62. The van der Waals surface area contributed by atoms with E-state index in [4.69, 9.17) is 5.11 Å². The summed E-state index contributed by atoms with van der Waals surface area (Å²) in [5, 5.41) is 15.1. The summed E-state index contributed by atoms with van der Waals surface area (Å²) in [4.78, 5) is 3.92. The number of hydrogen-bond donors (Lipinski definition) is 3. The van der Waals surface area contributed by atoms with Crippen LogP contribution < -0.4 is 4.72 Å². The van der Waals surface area contributed by atoms with Gasteiger partial charge in [-0.15, -0.1) is 0 Å². The Morgan fingerprint density at radius 1 is 1.39 bits per heavy atom. The number of aromatic nitrogens is 3. The highest BCUT2D eigenvalue weighted by Crippen LogP contribution is 2.11. The molecule has 96 valence electrons. The predicted molar refractivity (Wildman–Crippen MR) is 62.8 cm³/mol. The molecule has 18 heavy (non-hydrogen) atoms. The predicted octanol–water partition coefficient (Wildman–Crippen LogP) is -0.225. The molecule has 0 atom stereocenters. The fourth-order valence-electron chi connectivity index (χ4n) is 1.37. The summed E-state index contributed by atoms with van der Waals surface area (Å²) in [5.41, 5.74) is 0.539. The Bertz CT molecular complexity index is 610. The first-order valence-corrected chi connectivity index (χ1v) is 6.64. The third kappa shape index (κ3) is 2.92. The van der Waals surface area contributed by atoms with Crippen molar-refractivity contribution in [1.29, 1.82) is 0 Å². The highest BCUT2D eigenvalue weighted by atomic mass is 32.2. The van der Waals surface area contributed by atoms with E-state index in [-0.39, 0.29) is 18.0 Å². The second-order valence-electron chi connectivity index (χ2n) is 3.56. The molecule has 8 heteroatoms. The van der Waals surface area contributed by atoms with Crippen molar-refractivity contribution in [1.82, 2.24) is 19.9 Å². The molecule has 1 heterocycles. The van der Waals surface area contributed by atoms with Crippen LogP contribution in [-0.2, 0) is 23.2 Å². The first kappa shape index (κ1) is 12.7. The number of sulfonamides is 1. The van der Waals surface area contributed by atoms with Crippen LogP contribution in [0.15, 0.2) is 35.5 Å². The maximum absolute atomic E-state index is 11.9. The van der Waals surface area contributed by atoms with Crippen LogP contribution in [0.3, 0.4) is 0 Å². The number of aromatic amines is 1. The van der Waals surface area contributed by atoms with Gasteiger partial charge in [0.2, 0.25) is 10.0 Å². The van der Waals surface area contributed by atoms with Crippen molar-refractivity contribution in [3.05, 3.63) is 42.0 Å². The molecule has 0 spiro atoms. The molecule has 0 aliphatic rings. The lowest BCUT2D eigenvalue weighted by Crippen LogP contribution is -2.24. The molecule has 0 bridgehead atoms. The van der Waals surface area contributed by atoms with E-state index in [0.29, 0.717) is 11.4 Å². The topological polar surface area (TPSA) is 108 Å². The van der Waals surface area contributed by atoms with E-state index in [1.54, 1.807) is 12.1 Å². The van der Waals surface area contributed by atoms with E-state index in [1.807, 2.05) is 0 Å². The molecule has 7 nitrogen and oxygen atoms in total. The van der Waals surface area contributed by atoms with Gasteiger partial charge in [-0.3, -0.25) is 5.10 Å². The van der Waals surface area contributed by atoms with Gasteiger partial charge in [-0.25, -0.2) is 18.1 Å². The molecule has 0 aliphatic heterocycles. The number of hydrogen-bond acceptors (Lipinski definition) is 5. The molecule has 0 saturated carbocycles. The smallest absolute Gasteiger partial charge is 0.240 e. The van der Waals surface area contributed by atoms with Gasteiger partial charge >= 0.3 is 0 Å². The molecule has 0 saturated heterocycles. The van der Waals surface area contributed by atoms with Gasteiger partial charge in [0.1, 0.15) is 12.2 Å². The Morgan fingerprint density at radius 3 is 2.89 bits per heavy atom. The first-order chi connectivity index (χ1) is 8.62. The van der Waals surface area contributed by atoms with Gasteiger partial charge < -0.3 is 5.11 Å². The van der Waals surface area contributed by atoms with Crippen molar-refractivity contribution in [3.63, 3.8) is 0 Å². The molecule has 0 amide bonds. The number of rotatable bonds is 5. The second-order valence-corrected chi connectivity index (χ2v) is 5.33. The minimum Gasteiger partial charge on any atom is -0.392 e. The average molecular weight is 268 g/mol. The van der Waals surface area contributed by atoms with Gasteiger partial charge in [0.15, 0.2) is 0 Å². The van der Waals surface area contributed by atoms with E-state index in [9.17, 15) is 8.42 Å². The van der Waals surface area contributed by atoms with Crippen molar-refractivity contribution in [3.8, 4) is 0 Å². The SMILES string of the molecule is O=S(=O)(NCc1ncn[nH]1)c1cccc(CO)c1. The fourth-order valence-corrected chi connectivity index (χ4v) is 2.43. The highest BCUT2D eigenvalue weighted by Gasteiger charge is 2.14. The molecule has 0 aliphatic carbocycles. The molecular weight excluding hydrogens is 256 g/mol. The van der Waals surface area contributed by atoms with Crippen LogP contribution in [0, 0.1) is 0 Å². The summed E-state index contributed by atoms with van der Waals surface area (Å²) in [6.07, 6.45) is 1.30. The van der Waals surface area contributed by atoms with Crippen LogP contribution in [-0.4, -0.2) is 28.7 Å². The van der Waals surface area contributed by atoms with Gasteiger partial charge in [0, 0.05) is 0 Å². The first-order valence-electron chi connectivity index (χ1n) is 5.15. The maximum atomic E-state index is 11.9. The summed E-state index contributed by atoms with van der Waals surface area (Å²) >= 11 is 0. The zero-order chi connectivity index (χ0) is 13.0. The molecule has 0 unspecified atom stereocenters. The van der Waals surface area contributed by atoms with Crippen molar-refractivity contribution in [2.24, 2.45) is 0 Å². The van der Waals surface area contributed by atoms with Crippen LogP contribution >= 0.6 is 0 Å². The number of nitrogens with one attached hydrogen (secondary N) is 2. The number of nitrogens with zero attached hydrogens (tertiary/aromatic N) is 2. The Morgan fingerprint density at radius 2 is 2.22 bits per heavy atom. The molecule has 2 aromatic rings. The number of H-pyrrole nitrogens is 1. The number of aliphatic hydroxyl groups excluding tert-OH is 1. The lowest BCUT2D eigenvalue weighted by molar-refractivity contribution is 0.281. The molecule has 0 radical (unpaired) electrons. The third-order valence-corrected chi connectivity index (χ3v) is 3.68. The summed E-state index contributed by atoms with van der Waals surface area (Å²) in [6, 6.07) is 6.11. The van der Waals surface area contributed by atoms with Gasteiger partial charge in [-0.2, -0.15) is 5.10 Å². The fraction of sp³-hybridized carbons (Fsp3) is 0.200. The van der Waals surface area contributed by atoms with E-state index >= 15 is 0 Å². The quantitative estimate of drug-likeness (QED) is 0.694. The molecular formula is C10H12N4O3S. The summed E-state index contributed by atoms with van der Waals surface area (Å²) in [5.74, 6) is 0.428. The van der Waals surface area contributed by atoms with Crippen LogP contribution in [0.4, 0.5) is 0 Å². The largest absolute Gasteiger partial charge is 0.392 e. The van der Waals surface area contributed by atoms with E-state index in [2.05, 4.69) is 19.9 Å². The maximum Gasteiger partial charge on any atom is 0.240 e. The Kier molecular flexibility index (Phi) is 3.70. The lowest BCUT2D eigenvalue weighted by atomic mass is 10.2. The Labute approximate surface area is 104 Å². The van der Waals surface area contributed by atoms with Crippen LogP contribution in [0.1, 0.15) is 11.4 Å². The average Bonchev–Trinajstić information content (AvgIpc) is 2.90. The highest BCUT2D eigenvalue weighted by molar-refractivity contribution is 7.89. The summed E-state index contributed by atoms with van der Waals surface area (Å²) in [7, 11) is -3.62. The van der Waals surface area contributed by atoms with Gasteiger partial charge in [-0.05, 0) is 17.7 Å². The van der Waals surface area contributed by atoms with E-state index < -0.39 is 10.0 Å². The monoisotopic (exact) mass is 268 g/mol. The summed E-state index contributed by atoms with van der Waals surface area (Å²) in [6.45, 7) is -0.169. The van der Waals surface area contributed by atoms with Crippen molar-refractivity contribution < 1.29 is 13.5 Å². The lowest BCUT2D eigenvalue weighted by Gasteiger charge is -2.06.